The highest BCUT2D eigenvalue weighted by Gasteiger charge is 2.33. The largest absolute Gasteiger partial charge is 0.492 e. The molecule has 0 spiro atoms. The van der Waals surface area contributed by atoms with Crippen LogP contribution in [-0.2, 0) is 32.2 Å². The van der Waals surface area contributed by atoms with Gasteiger partial charge in [0.15, 0.2) is 16.9 Å². The number of hydrogen-bond acceptors (Lipinski definition) is 11. The Morgan fingerprint density at radius 1 is 1.12 bits per heavy atom. The zero-order chi connectivity index (χ0) is 29.4. The minimum Gasteiger partial charge on any atom is -0.492 e. The van der Waals surface area contributed by atoms with Crippen molar-refractivity contribution in [2.24, 2.45) is 0 Å². The van der Waals surface area contributed by atoms with E-state index in [1.54, 1.807) is 12.1 Å². The molecule has 3 rings (SSSR count). The van der Waals surface area contributed by atoms with E-state index in [-0.39, 0.29) is 43.1 Å². The molecule has 0 fully saturated rings. The molecule has 1 N–H and O–H groups in total. The Kier molecular flexibility index (Phi) is 10.6. The molecule has 0 unspecified atom stereocenters. The zero-order valence-electron chi connectivity index (χ0n) is 23.0. The first-order valence-electron chi connectivity index (χ1n) is 12.4. The number of benzene rings is 1. The zero-order valence-corrected chi connectivity index (χ0v) is 23.8. The molecule has 1 aliphatic rings. The number of amides is 1. The fourth-order valence-electron chi connectivity index (χ4n) is 4.82. The molecule has 0 radical (unpaired) electrons. The predicted octanol–water partition coefficient (Wildman–Crippen LogP) is 3.62. The lowest BCUT2D eigenvalue weighted by molar-refractivity contribution is -0.757. The van der Waals surface area contributed by atoms with Crippen molar-refractivity contribution in [2.75, 3.05) is 34.2 Å². The molecular weight excluding hydrogens is 544 g/mol. The highest BCUT2D eigenvalue weighted by Crippen LogP contribution is 2.52. The van der Waals surface area contributed by atoms with Gasteiger partial charge in [-0.2, -0.15) is 0 Å². The van der Waals surface area contributed by atoms with Crippen molar-refractivity contribution < 1.29 is 38.5 Å². The van der Waals surface area contributed by atoms with E-state index in [0.29, 0.717) is 51.5 Å². The molecule has 0 bridgehead atoms. The van der Waals surface area contributed by atoms with Crippen molar-refractivity contribution in [3.05, 3.63) is 55.2 Å². The van der Waals surface area contributed by atoms with E-state index in [2.05, 4.69) is 10.2 Å². The first-order valence-corrected chi connectivity index (χ1v) is 13.7. The molecule has 0 aliphatic heterocycles. The quantitative estimate of drug-likeness (QED) is 0.130. The average Bonchev–Trinajstić information content (AvgIpc) is 3.17. The summed E-state index contributed by atoms with van der Waals surface area (Å²) < 4.78 is 22.8. The van der Waals surface area contributed by atoms with E-state index < -0.39 is 17.1 Å². The monoisotopic (exact) mass is 576 g/mol. The molecule has 1 amide bonds. The van der Waals surface area contributed by atoms with Gasteiger partial charge in [-0.1, -0.05) is 6.07 Å². The minimum absolute atomic E-state index is 0.0847. The lowest BCUT2D eigenvalue weighted by Crippen LogP contribution is -2.26. The summed E-state index contributed by atoms with van der Waals surface area (Å²) in [5, 5.41) is 12.4. The van der Waals surface area contributed by atoms with Crippen molar-refractivity contribution in [1.82, 2.24) is 5.32 Å². The van der Waals surface area contributed by atoms with Crippen molar-refractivity contribution >= 4 is 23.6 Å². The van der Waals surface area contributed by atoms with Gasteiger partial charge in [0.05, 0.1) is 38.9 Å². The van der Waals surface area contributed by atoms with Gasteiger partial charge in [0.1, 0.15) is 6.61 Å². The fourth-order valence-corrected chi connectivity index (χ4v) is 5.28. The van der Waals surface area contributed by atoms with Crippen LogP contribution >= 0.6 is 11.8 Å². The number of methoxy groups -OCH3 is 3. The molecule has 13 heteroatoms. The predicted molar refractivity (Wildman–Crippen MR) is 146 cm³/mol. The van der Waals surface area contributed by atoms with E-state index in [1.165, 1.54) is 40.0 Å². The molecule has 0 saturated carbocycles. The van der Waals surface area contributed by atoms with Crippen LogP contribution in [0.15, 0.2) is 27.9 Å². The minimum atomic E-state index is -0.918. The highest BCUT2D eigenvalue weighted by atomic mass is 32.2. The summed E-state index contributed by atoms with van der Waals surface area (Å²) in [4.78, 5) is 52.8. The number of esters is 1. The van der Waals surface area contributed by atoms with Gasteiger partial charge in [0, 0.05) is 24.5 Å². The molecule has 1 atom stereocenters. The van der Waals surface area contributed by atoms with Crippen molar-refractivity contribution in [1.29, 1.82) is 0 Å². The number of hydrogen-bond donors (Lipinski definition) is 1. The second-order valence-electron chi connectivity index (χ2n) is 8.82. The van der Waals surface area contributed by atoms with Crippen molar-refractivity contribution in [3.8, 4) is 28.4 Å². The summed E-state index contributed by atoms with van der Waals surface area (Å²) in [6.07, 6.45) is 2.70. The number of rotatable bonds is 12. The third kappa shape index (κ3) is 6.76. The Morgan fingerprint density at radius 2 is 1.82 bits per heavy atom. The number of ether oxygens (including phenoxy) is 4. The third-order valence-corrected chi connectivity index (χ3v) is 7.24. The van der Waals surface area contributed by atoms with Crippen LogP contribution in [0.25, 0.3) is 11.1 Å². The topological polar surface area (TPSA) is 153 Å². The van der Waals surface area contributed by atoms with E-state index in [4.69, 9.17) is 18.9 Å². The molecular formula is C27H32N2O10S. The number of fused-ring (bicyclic) bond motifs is 3. The maximum Gasteiger partial charge on any atom is 0.306 e. The lowest BCUT2D eigenvalue weighted by atomic mass is 9.91. The summed E-state index contributed by atoms with van der Waals surface area (Å²) >= 11 is 1.32. The molecule has 0 saturated heterocycles. The highest BCUT2D eigenvalue weighted by molar-refractivity contribution is 7.98. The van der Waals surface area contributed by atoms with Crippen LogP contribution in [0.5, 0.6) is 17.2 Å². The number of nitrogens with one attached hydrogen (secondary N) is 1. The maximum absolute atomic E-state index is 13.0. The van der Waals surface area contributed by atoms with Gasteiger partial charge in [0.2, 0.25) is 11.7 Å². The summed E-state index contributed by atoms with van der Waals surface area (Å²) in [6.45, 7) is 1.01. The molecule has 40 heavy (non-hydrogen) atoms. The Labute approximate surface area is 235 Å². The second kappa shape index (κ2) is 13.9. The Hall–Kier alpha value is -4.00. The average molecular weight is 577 g/mol. The van der Waals surface area contributed by atoms with E-state index in [0.717, 1.165) is 5.56 Å². The van der Waals surface area contributed by atoms with Gasteiger partial charge in [-0.3, -0.25) is 14.4 Å². The summed E-state index contributed by atoms with van der Waals surface area (Å²) in [7, 11) is 4.42. The third-order valence-electron chi connectivity index (χ3n) is 6.46. The Balaban J connectivity index is 2.20. The van der Waals surface area contributed by atoms with Crippen LogP contribution in [0.2, 0.25) is 0 Å². The van der Waals surface area contributed by atoms with Crippen LogP contribution in [0.1, 0.15) is 48.9 Å². The second-order valence-corrected chi connectivity index (χ2v) is 9.67. The molecule has 2 aromatic rings. The summed E-state index contributed by atoms with van der Waals surface area (Å²) in [6, 6.07) is 4.61. The lowest BCUT2D eigenvalue weighted by Gasteiger charge is -2.23. The SMILES string of the molecule is COc1c(COC(=O)CCCO[N+](=O)[O-])c2c(c(OC)c1OC)-c1ccc(SC)c(=O)cc1[C@H](NC(C)=O)CC2. The van der Waals surface area contributed by atoms with Crippen LogP contribution in [-0.4, -0.2) is 51.2 Å². The smallest absolute Gasteiger partial charge is 0.306 e. The van der Waals surface area contributed by atoms with E-state index in [1.807, 2.05) is 12.3 Å². The summed E-state index contributed by atoms with van der Waals surface area (Å²) in [5.74, 6) is 0.141. The normalized spacial score (nSPS) is 13.7. The Morgan fingerprint density at radius 3 is 2.42 bits per heavy atom. The van der Waals surface area contributed by atoms with Crippen LogP contribution in [0.3, 0.4) is 0 Å². The molecule has 2 aromatic carbocycles. The summed E-state index contributed by atoms with van der Waals surface area (Å²) in [5.41, 5.74) is 3.03. The van der Waals surface area contributed by atoms with Gasteiger partial charge < -0.3 is 29.1 Å². The van der Waals surface area contributed by atoms with E-state index in [9.17, 15) is 24.5 Å². The van der Waals surface area contributed by atoms with Gasteiger partial charge >= 0.3 is 5.97 Å². The van der Waals surface area contributed by atoms with Crippen LogP contribution in [0, 0.1) is 10.1 Å². The maximum atomic E-state index is 13.0. The van der Waals surface area contributed by atoms with Gasteiger partial charge in [-0.05, 0) is 54.3 Å². The van der Waals surface area contributed by atoms with Crippen LogP contribution < -0.4 is 25.0 Å². The molecule has 0 heterocycles. The molecule has 216 valence electrons. The number of thioether (sulfide) groups is 1. The number of carbonyl (C=O) groups is 2. The Bertz CT molecular complexity index is 1350. The first-order chi connectivity index (χ1) is 19.2. The van der Waals surface area contributed by atoms with Crippen LogP contribution in [0.4, 0.5) is 0 Å². The fraction of sp³-hybridized carbons (Fsp3) is 0.444. The number of nitrogens with zero attached hydrogens (tertiary/aromatic N) is 1. The standard InChI is InChI=1S/C27H32N2O10S/c1-15(30)28-20-10-8-17-19(14-38-23(32)7-6-12-39-29(33)34)25(35-2)27(37-4)26(36-3)24(17)16-9-11-22(40-5)21(31)13-18(16)20/h9,11,13,20H,6-8,10,12,14H2,1-5H3,(H,28,30)/t20-/m1/s1. The van der Waals surface area contributed by atoms with Gasteiger partial charge in [0.25, 0.3) is 5.09 Å². The van der Waals surface area contributed by atoms with Gasteiger partial charge in [-0.25, -0.2) is 0 Å². The first kappa shape index (κ1) is 30.5. The molecule has 0 aromatic heterocycles. The van der Waals surface area contributed by atoms with Crippen molar-refractivity contribution in [2.45, 2.75) is 50.2 Å². The molecule has 12 nitrogen and oxygen atoms in total. The molecule has 1 aliphatic carbocycles. The van der Waals surface area contributed by atoms with Gasteiger partial charge in [-0.15, -0.1) is 21.9 Å². The van der Waals surface area contributed by atoms with Crippen molar-refractivity contribution in [3.63, 3.8) is 0 Å². The van der Waals surface area contributed by atoms with E-state index >= 15 is 0 Å². The number of carbonyl (C=O) groups excluding carboxylic acids is 2.